The third-order valence-corrected chi connectivity index (χ3v) is 6.00. The molecule has 4 rings (SSSR count). The van der Waals surface area contributed by atoms with Gasteiger partial charge in [-0.1, -0.05) is 61.0 Å². The molecule has 0 bridgehead atoms. The van der Waals surface area contributed by atoms with Crippen LogP contribution in [0.4, 0.5) is 5.69 Å². The van der Waals surface area contributed by atoms with Gasteiger partial charge in [0.25, 0.3) is 5.91 Å². The van der Waals surface area contributed by atoms with E-state index in [2.05, 4.69) is 24.0 Å². The molecule has 5 heteroatoms. The summed E-state index contributed by atoms with van der Waals surface area (Å²) in [5.74, 6) is 0.828. The number of ether oxygens (including phenoxy) is 1. The lowest BCUT2D eigenvalue weighted by atomic mass is 10.1. The smallest absolute Gasteiger partial charge is 0.263 e. The standard InChI is InChI=1S/C25H27ClN2O2/c1-3-23(30-24-10-6-8-19-7-4-5-9-21(19)24)25(29)28-15-13-27(14-16-28)22-17-20(26)12-11-18(22)2/h4-12,17,23H,3,13-16H2,1-2H3. The fourth-order valence-electron chi connectivity index (χ4n) is 4.05. The van der Waals surface area contributed by atoms with E-state index in [0.717, 1.165) is 40.3 Å². The fourth-order valence-corrected chi connectivity index (χ4v) is 4.22. The molecule has 1 unspecified atom stereocenters. The number of aryl methyl sites for hydroxylation is 1. The van der Waals surface area contributed by atoms with Crippen molar-refractivity contribution in [1.82, 2.24) is 4.90 Å². The predicted octanol–water partition coefficient (Wildman–Crippen LogP) is 5.31. The zero-order valence-electron chi connectivity index (χ0n) is 17.5. The molecule has 1 fully saturated rings. The number of hydrogen-bond acceptors (Lipinski definition) is 3. The highest BCUT2D eigenvalue weighted by Crippen LogP contribution is 2.28. The molecule has 1 amide bonds. The van der Waals surface area contributed by atoms with Crippen molar-refractivity contribution in [2.45, 2.75) is 26.4 Å². The summed E-state index contributed by atoms with van der Waals surface area (Å²) in [4.78, 5) is 17.4. The van der Waals surface area contributed by atoms with Gasteiger partial charge in [-0.2, -0.15) is 0 Å². The van der Waals surface area contributed by atoms with Gasteiger partial charge in [0, 0.05) is 42.3 Å². The summed E-state index contributed by atoms with van der Waals surface area (Å²) in [7, 11) is 0. The quantitative estimate of drug-likeness (QED) is 0.558. The molecule has 1 heterocycles. The van der Waals surface area contributed by atoms with E-state index in [1.165, 1.54) is 5.56 Å². The van der Waals surface area contributed by atoms with E-state index < -0.39 is 6.10 Å². The lowest BCUT2D eigenvalue weighted by Crippen LogP contribution is -2.52. The Morgan fingerprint density at radius 2 is 1.77 bits per heavy atom. The van der Waals surface area contributed by atoms with E-state index in [1.807, 2.05) is 60.4 Å². The maximum absolute atomic E-state index is 13.2. The Hall–Kier alpha value is -2.72. The highest BCUT2D eigenvalue weighted by molar-refractivity contribution is 6.30. The first-order valence-electron chi connectivity index (χ1n) is 10.5. The molecule has 0 N–H and O–H groups in total. The summed E-state index contributed by atoms with van der Waals surface area (Å²) >= 11 is 6.19. The largest absolute Gasteiger partial charge is 0.480 e. The van der Waals surface area contributed by atoms with Crippen molar-refractivity contribution >= 4 is 34.0 Å². The van der Waals surface area contributed by atoms with Crippen molar-refractivity contribution in [3.63, 3.8) is 0 Å². The average Bonchev–Trinajstić information content (AvgIpc) is 2.79. The fraction of sp³-hybridized carbons (Fsp3) is 0.320. The Labute approximate surface area is 183 Å². The first-order chi connectivity index (χ1) is 14.6. The second kappa shape index (κ2) is 8.97. The summed E-state index contributed by atoms with van der Waals surface area (Å²) in [5, 5.41) is 2.89. The van der Waals surface area contributed by atoms with Gasteiger partial charge in [0.2, 0.25) is 0 Å². The molecule has 30 heavy (non-hydrogen) atoms. The van der Waals surface area contributed by atoms with Crippen LogP contribution in [-0.2, 0) is 4.79 Å². The highest BCUT2D eigenvalue weighted by Gasteiger charge is 2.28. The number of carbonyl (C=O) groups excluding carboxylic acids is 1. The molecule has 0 aromatic heterocycles. The minimum atomic E-state index is -0.477. The third-order valence-electron chi connectivity index (χ3n) is 5.77. The van der Waals surface area contributed by atoms with Gasteiger partial charge in [-0.3, -0.25) is 4.79 Å². The molecule has 3 aromatic carbocycles. The van der Waals surface area contributed by atoms with E-state index in [9.17, 15) is 4.79 Å². The molecule has 3 aromatic rings. The van der Waals surface area contributed by atoms with E-state index in [0.29, 0.717) is 19.5 Å². The Bertz CT molecular complexity index is 1040. The molecule has 1 saturated heterocycles. The van der Waals surface area contributed by atoms with Crippen LogP contribution < -0.4 is 9.64 Å². The van der Waals surface area contributed by atoms with E-state index >= 15 is 0 Å². The van der Waals surface area contributed by atoms with Crippen LogP contribution in [0.15, 0.2) is 60.7 Å². The number of amides is 1. The lowest BCUT2D eigenvalue weighted by Gasteiger charge is -2.38. The first kappa shape index (κ1) is 20.5. The predicted molar refractivity (Wildman–Crippen MR) is 124 cm³/mol. The molecule has 0 spiro atoms. The van der Waals surface area contributed by atoms with Crippen LogP contribution in [0.25, 0.3) is 10.8 Å². The second-order valence-corrected chi connectivity index (χ2v) is 8.17. The molecule has 156 valence electrons. The van der Waals surface area contributed by atoms with Gasteiger partial charge < -0.3 is 14.5 Å². The van der Waals surface area contributed by atoms with Crippen LogP contribution in [0.3, 0.4) is 0 Å². The van der Waals surface area contributed by atoms with Gasteiger partial charge in [0.15, 0.2) is 6.10 Å². The van der Waals surface area contributed by atoms with Crippen molar-refractivity contribution in [3.8, 4) is 5.75 Å². The van der Waals surface area contributed by atoms with Gasteiger partial charge in [-0.25, -0.2) is 0 Å². The Kier molecular flexibility index (Phi) is 6.14. The molecule has 1 atom stereocenters. The zero-order chi connectivity index (χ0) is 21.1. The number of anilines is 1. The van der Waals surface area contributed by atoms with Crippen LogP contribution in [0, 0.1) is 6.92 Å². The summed E-state index contributed by atoms with van der Waals surface area (Å²) in [6.07, 6.45) is 0.158. The number of benzene rings is 3. The normalized spacial score (nSPS) is 15.3. The summed E-state index contributed by atoms with van der Waals surface area (Å²) < 4.78 is 6.22. The topological polar surface area (TPSA) is 32.8 Å². The maximum Gasteiger partial charge on any atom is 0.263 e. The third kappa shape index (κ3) is 4.24. The van der Waals surface area contributed by atoms with Crippen LogP contribution in [0.2, 0.25) is 5.02 Å². The van der Waals surface area contributed by atoms with Gasteiger partial charge in [0.1, 0.15) is 5.75 Å². The molecule has 1 aliphatic heterocycles. The number of carbonyl (C=O) groups is 1. The molecule has 0 radical (unpaired) electrons. The van der Waals surface area contributed by atoms with E-state index in [4.69, 9.17) is 16.3 Å². The van der Waals surface area contributed by atoms with Gasteiger partial charge in [-0.15, -0.1) is 0 Å². The Morgan fingerprint density at radius 3 is 2.53 bits per heavy atom. The average molecular weight is 423 g/mol. The zero-order valence-corrected chi connectivity index (χ0v) is 18.2. The Balaban J connectivity index is 1.44. The lowest BCUT2D eigenvalue weighted by molar-refractivity contribution is -0.139. The number of rotatable bonds is 5. The number of nitrogens with zero attached hydrogens (tertiary/aromatic N) is 2. The summed E-state index contributed by atoms with van der Waals surface area (Å²) in [6, 6.07) is 20.0. The molecule has 1 aliphatic rings. The highest BCUT2D eigenvalue weighted by atomic mass is 35.5. The molecular formula is C25H27ClN2O2. The molecule has 0 saturated carbocycles. The number of hydrogen-bond donors (Lipinski definition) is 0. The van der Waals surface area contributed by atoms with Crippen molar-refractivity contribution < 1.29 is 9.53 Å². The monoisotopic (exact) mass is 422 g/mol. The first-order valence-corrected chi connectivity index (χ1v) is 10.9. The minimum absolute atomic E-state index is 0.0629. The summed E-state index contributed by atoms with van der Waals surface area (Å²) in [5.41, 5.74) is 2.35. The maximum atomic E-state index is 13.2. The van der Waals surface area contributed by atoms with E-state index in [1.54, 1.807) is 0 Å². The second-order valence-electron chi connectivity index (χ2n) is 7.74. The van der Waals surface area contributed by atoms with E-state index in [-0.39, 0.29) is 5.91 Å². The van der Waals surface area contributed by atoms with Crippen LogP contribution in [0.5, 0.6) is 5.75 Å². The van der Waals surface area contributed by atoms with Crippen molar-refractivity contribution in [3.05, 3.63) is 71.2 Å². The number of fused-ring (bicyclic) bond motifs is 1. The molecule has 0 aliphatic carbocycles. The van der Waals surface area contributed by atoms with Crippen LogP contribution in [0.1, 0.15) is 18.9 Å². The van der Waals surface area contributed by atoms with Crippen LogP contribution in [-0.4, -0.2) is 43.1 Å². The SMILES string of the molecule is CCC(Oc1cccc2ccccc12)C(=O)N1CCN(c2cc(Cl)ccc2C)CC1. The van der Waals surface area contributed by atoms with Crippen LogP contribution >= 0.6 is 11.6 Å². The van der Waals surface area contributed by atoms with Crippen molar-refractivity contribution in [1.29, 1.82) is 0 Å². The Morgan fingerprint density at radius 1 is 1.03 bits per heavy atom. The molecule has 4 nitrogen and oxygen atoms in total. The van der Waals surface area contributed by atoms with Gasteiger partial charge in [-0.05, 0) is 42.5 Å². The number of halogens is 1. The number of piperazine rings is 1. The summed E-state index contributed by atoms with van der Waals surface area (Å²) in [6.45, 7) is 7.03. The van der Waals surface area contributed by atoms with Crippen molar-refractivity contribution in [2.24, 2.45) is 0 Å². The minimum Gasteiger partial charge on any atom is -0.480 e. The van der Waals surface area contributed by atoms with Gasteiger partial charge >= 0.3 is 0 Å². The van der Waals surface area contributed by atoms with Gasteiger partial charge in [0.05, 0.1) is 0 Å². The molecular weight excluding hydrogens is 396 g/mol. The van der Waals surface area contributed by atoms with Crippen molar-refractivity contribution in [2.75, 3.05) is 31.1 Å².